The van der Waals surface area contributed by atoms with Crippen LogP contribution in [-0.4, -0.2) is 39.6 Å². The first kappa shape index (κ1) is 12.5. The monoisotopic (exact) mass is 235 g/mol. The van der Waals surface area contributed by atoms with Gasteiger partial charge in [0.2, 0.25) is 0 Å². The summed E-state index contributed by atoms with van der Waals surface area (Å²) in [6.45, 7) is 7.46. The standard InChI is InChI=1S/C13H21N3O/c1-11(2)9-16-5-3-13(17,4-6-16)12-7-14-10-15-8-12/h7-8,10-11,17H,3-6,9H2,1-2H3. The second-order valence-corrected chi connectivity index (χ2v) is 5.35. The number of hydrogen-bond donors (Lipinski definition) is 1. The molecule has 1 aliphatic heterocycles. The highest BCUT2D eigenvalue weighted by atomic mass is 16.3. The molecule has 1 aliphatic rings. The molecule has 0 atom stereocenters. The lowest BCUT2D eigenvalue weighted by Gasteiger charge is -2.38. The fraction of sp³-hybridized carbons (Fsp3) is 0.692. The van der Waals surface area contributed by atoms with Crippen LogP contribution in [0.5, 0.6) is 0 Å². The zero-order chi connectivity index (χ0) is 12.3. The summed E-state index contributed by atoms with van der Waals surface area (Å²) in [5.74, 6) is 0.682. The molecule has 1 N–H and O–H groups in total. The van der Waals surface area contributed by atoms with Crippen LogP contribution in [0.1, 0.15) is 32.3 Å². The minimum atomic E-state index is -0.727. The molecule has 2 rings (SSSR count). The van der Waals surface area contributed by atoms with Gasteiger partial charge in [-0.2, -0.15) is 0 Å². The second-order valence-electron chi connectivity index (χ2n) is 5.35. The molecule has 1 aromatic heterocycles. The third kappa shape index (κ3) is 3.01. The van der Waals surface area contributed by atoms with Gasteiger partial charge in [0, 0.05) is 37.6 Å². The number of hydrogen-bond acceptors (Lipinski definition) is 4. The van der Waals surface area contributed by atoms with Gasteiger partial charge in [-0.1, -0.05) is 13.8 Å². The van der Waals surface area contributed by atoms with Crippen molar-refractivity contribution in [3.8, 4) is 0 Å². The minimum Gasteiger partial charge on any atom is -0.385 e. The highest BCUT2D eigenvalue weighted by Gasteiger charge is 2.34. The van der Waals surface area contributed by atoms with E-state index in [0.717, 1.165) is 38.0 Å². The van der Waals surface area contributed by atoms with Gasteiger partial charge >= 0.3 is 0 Å². The average molecular weight is 235 g/mol. The van der Waals surface area contributed by atoms with Crippen LogP contribution in [-0.2, 0) is 5.60 Å². The summed E-state index contributed by atoms with van der Waals surface area (Å²) >= 11 is 0. The fourth-order valence-corrected chi connectivity index (χ4v) is 2.45. The van der Waals surface area contributed by atoms with Crippen molar-refractivity contribution in [2.45, 2.75) is 32.3 Å². The minimum absolute atomic E-state index is 0.682. The SMILES string of the molecule is CC(C)CN1CCC(O)(c2cncnc2)CC1. The normalized spacial score (nSPS) is 20.7. The maximum Gasteiger partial charge on any atom is 0.115 e. The molecule has 0 saturated carbocycles. The van der Waals surface area contributed by atoms with E-state index in [1.54, 1.807) is 12.4 Å². The third-order valence-corrected chi connectivity index (χ3v) is 3.40. The fourth-order valence-electron chi connectivity index (χ4n) is 2.45. The summed E-state index contributed by atoms with van der Waals surface area (Å²) in [6, 6.07) is 0. The molecule has 0 aliphatic carbocycles. The van der Waals surface area contributed by atoms with Gasteiger partial charge in [-0.15, -0.1) is 0 Å². The maximum absolute atomic E-state index is 10.6. The van der Waals surface area contributed by atoms with Gasteiger partial charge in [-0.25, -0.2) is 9.97 Å². The number of rotatable bonds is 3. The largest absolute Gasteiger partial charge is 0.385 e. The van der Waals surface area contributed by atoms with Crippen LogP contribution < -0.4 is 0 Å². The highest BCUT2D eigenvalue weighted by molar-refractivity contribution is 5.15. The van der Waals surface area contributed by atoms with Crippen LogP contribution in [0.4, 0.5) is 0 Å². The topological polar surface area (TPSA) is 49.2 Å². The quantitative estimate of drug-likeness (QED) is 0.860. The van der Waals surface area contributed by atoms with Crippen molar-refractivity contribution in [2.75, 3.05) is 19.6 Å². The Labute approximate surface area is 103 Å². The van der Waals surface area contributed by atoms with Crippen molar-refractivity contribution in [2.24, 2.45) is 5.92 Å². The van der Waals surface area contributed by atoms with Crippen LogP contribution in [0.25, 0.3) is 0 Å². The molecule has 0 amide bonds. The van der Waals surface area contributed by atoms with E-state index in [0.29, 0.717) is 5.92 Å². The third-order valence-electron chi connectivity index (χ3n) is 3.40. The predicted molar refractivity (Wildman–Crippen MR) is 66.4 cm³/mol. The second kappa shape index (κ2) is 5.10. The van der Waals surface area contributed by atoms with Crippen LogP contribution in [0.2, 0.25) is 0 Å². The molecule has 0 bridgehead atoms. The zero-order valence-corrected chi connectivity index (χ0v) is 10.6. The molecule has 0 spiro atoms. The van der Waals surface area contributed by atoms with E-state index in [1.807, 2.05) is 0 Å². The number of likely N-dealkylation sites (tertiary alicyclic amines) is 1. The molecular formula is C13H21N3O. The molecule has 0 aromatic carbocycles. The first-order valence-electron chi connectivity index (χ1n) is 6.30. The Hall–Kier alpha value is -1.00. The van der Waals surface area contributed by atoms with E-state index in [9.17, 15) is 5.11 Å². The lowest BCUT2D eigenvalue weighted by Crippen LogP contribution is -2.43. The number of aliphatic hydroxyl groups is 1. The van der Waals surface area contributed by atoms with Crippen LogP contribution in [0, 0.1) is 5.92 Å². The van der Waals surface area contributed by atoms with Crippen LogP contribution in [0.3, 0.4) is 0 Å². The molecule has 94 valence electrons. The van der Waals surface area contributed by atoms with Crippen LogP contribution >= 0.6 is 0 Å². The Morgan fingerprint density at radius 1 is 1.29 bits per heavy atom. The van der Waals surface area contributed by atoms with Crippen molar-refractivity contribution in [3.63, 3.8) is 0 Å². The Bertz CT molecular complexity index is 345. The molecule has 4 heteroatoms. The molecule has 0 radical (unpaired) electrons. The van der Waals surface area contributed by atoms with Gasteiger partial charge in [0.15, 0.2) is 0 Å². The van der Waals surface area contributed by atoms with Crippen molar-refractivity contribution >= 4 is 0 Å². The van der Waals surface area contributed by atoms with E-state index in [4.69, 9.17) is 0 Å². The Balaban J connectivity index is 1.98. The number of nitrogens with zero attached hydrogens (tertiary/aromatic N) is 3. The molecule has 4 nitrogen and oxygen atoms in total. The van der Waals surface area contributed by atoms with Gasteiger partial charge in [0.25, 0.3) is 0 Å². The smallest absolute Gasteiger partial charge is 0.115 e. The van der Waals surface area contributed by atoms with Gasteiger partial charge in [0.1, 0.15) is 6.33 Å². The Morgan fingerprint density at radius 3 is 2.41 bits per heavy atom. The van der Waals surface area contributed by atoms with Crippen molar-refractivity contribution in [3.05, 3.63) is 24.3 Å². The molecule has 1 fully saturated rings. The summed E-state index contributed by atoms with van der Waals surface area (Å²) < 4.78 is 0. The first-order chi connectivity index (χ1) is 8.10. The summed E-state index contributed by atoms with van der Waals surface area (Å²) in [6.07, 6.45) is 6.50. The highest BCUT2D eigenvalue weighted by Crippen LogP contribution is 2.31. The first-order valence-corrected chi connectivity index (χ1v) is 6.30. The molecule has 1 saturated heterocycles. The Morgan fingerprint density at radius 2 is 1.88 bits per heavy atom. The molecule has 17 heavy (non-hydrogen) atoms. The summed E-state index contributed by atoms with van der Waals surface area (Å²) in [7, 11) is 0. The molecular weight excluding hydrogens is 214 g/mol. The molecule has 2 heterocycles. The lowest BCUT2D eigenvalue weighted by atomic mass is 9.86. The van der Waals surface area contributed by atoms with E-state index in [2.05, 4.69) is 28.7 Å². The summed E-state index contributed by atoms with van der Waals surface area (Å²) in [5, 5.41) is 10.6. The average Bonchev–Trinajstić information content (AvgIpc) is 2.33. The van der Waals surface area contributed by atoms with Gasteiger partial charge in [-0.3, -0.25) is 0 Å². The predicted octanol–water partition coefficient (Wildman–Crippen LogP) is 1.42. The molecule has 0 unspecified atom stereocenters. The lowest BCUT2D eigenvalue weighted by molar-refractivity contribution is -0.0284. The van der Waals surface area contributed by atoms with Gasteiger partial charge in [0.05, 0.1) is 5.60 Å². The van der Waals surface area contributed by atoms with E-state index in [1.165, 1.54) is 6.33 Å². The van der Waals surface area contributed by atoms with E-state index in [-0.39, 0.29) is 0 Å². The van der Waals surface area contributed by atoms with Gasteiger partial charge in [-0.05, 0) is 18.8 Å². The summed E-state index contributed by atoms with van der Waals surface area (Å²) in [5.41, 5.74) is 0.124. The Kier molecular flexibility index (Phi) is 3.74. The number of piperidine rings is 1. The van der Waals surface area contributed by atoms with Crippen molar-refractivity contribution < 1.29 is 5.11 Å². The van der Waals surface area contributed by atoms with Crippen molar-refractivity contribution in [1.82, 2.24) is 14.9 Å². The maximum atomic E-state index is 10.6. The van der Waals surface area contributed by atoms with Crippen LogP contribution in [0.15, 0.2) is 18.7 Å². The summed E-state index contributed by atoms with van der Waals surface area (Å²) in [4.78, 5) is 10.4. The van der Waals surface area contributed by atoms with Gasteiger partial charge < -0.3 is 10.0 Å². The van der Waals surface area contributed by atoms with Crippen molar-refractivity contribution in [1.29, 1.82) is 0 Å². The van der Waals surface area contributed by atoms with E-state index >= 15 is 0 Å². The van der Waals surface area contributed by atoms with E-state index < -0.39 is 5.60 Å². The number of aromatic nitrogens is 2. The zero-order valence-electron chi connectivity index (χ0n) is 10.6. The molecule has 1 aromatic rings.